The molecule has 0 aliphatic carbocycles. The lowest BCUT2D eigenvalue weighted by Gasteiger charge is -2.24. The number of likely N-dealkylation sites (N-methyl/N-ethyl adjacent to an activating group) is 1. The Morgan fingerprint density at radius 2 is 1.93 bits per heavy atom. The van der Waals surface area contributed by atoms with Gasteiger partial charge in [0.25, 0.3) is 0 Å². The molecule has 2 unspecified atom stereocenters. The first kappa shape index (κ1) is 12.2. The summed E-state index contributed by atoms with van der Waals surface area (Å²) in [5, 5.41) is 9.98. The molecule has 0 amide bonds. The highest BCUT2D eigenvalue weighted by atomic mass is 16.3. The highest BCUT2D eigenvalue weighted by Gasteiger charge is 2.17. The average Bonchev–Trinajstić information content (AvgIpc) is 2.29. The minimum Gasteiger partial charge on any atom is -0.387 e. The monoisotopic (exact) mass is 208 g/mol. The van der Waals surface area contributed by atoms with E-state index in [0.29, 0.717) is 6.54 Å². The number of aliphatic hydroxyl groups is 1. The highest BCUT2D eigenvalue weighted by molar-refractivity contribution is 5.18. The van der Waals surface area contributed by atoms with Gasteiger partial charge in [-0.15, -0.1) is 0 Å². The fourth-order valence-corrected chi connectivity index (χ4v) is 1.49. The molecule has 3 heteroatoms. The van der Waals surface area contributed by atoms with Crippen molar-refractivity contribution < 1.29 is 5.11 Å². The number of nitrogens with two attached hydrogens (primary N) is 1. The molecule has 0 bridgehead atoms. The zero-order valence-electron chi connectivity index (χ0n) is 9.43. The quantitative estimate of drug-likeness (QED) is 0.759. The summed E-state index contributed by atoms with van der Waals surface area (Å²) in [5.74, 6) is 0. The summed E-state index contributed by atoms with van der Waals surface area (Å²) in [5.41, 5.74) is 6.82. The van der Waals surface area contributed by atoms with E-state index in [9.17, 15) is 5.11 Å². The van der Waals surface area contributed by atoms with E-state index in [1.165, 1.54) is 0 Å². The summed E-state index contributed by atoms with van der Waals surface area (Å²) in [7, 11) is 2.00. The number of nitrogens with zero attached hydrogens (tertiary/aromatic N) is 1. The minimum atomic E-state index is -0.583. The van der Waals surface area contributed by atoms with Gasteiger partial charge in [0.05, 0.1) is 6.10 Å². The maximum absolute atomic E-state index is 9.98. The van der Waals surface area contributed by atoms with Gasteiger partial charge in [-0.2, -0.15) is 0 Å². The third-order valence-electron chi connectivity index (χ3n) is 2.61. The van der Waals surface area contributed by atoms with Gasteiger partial charge < -0.3 is 15.7 Å². The van der Waals surface area contributed by atoms with Crippen LogP contribution in [0.15, 0.2) is 30.3 Å². The lowest BCUT2D eigenvalue weighted by molar-refractivity contribution is 0.127. The summed E-state index contributed by atoms with van der Waals surface area (Å²) in [6, 6.07) is 9.31. The number of hydrogen-bond donors (Lipinski definition) is 2. The van der Waals surface area contributed by atoms with Crippen molar-refractivity contribution in [2.24, 2.45) is 5.73 Å². The predicted molar refractivity (Wildman–Crippen MR) is 62.5 cm³/mol. The normalized spacial score (nSPS) is 15.3. The number of rotatable bonds is 5. The SMILES string of the molecule is CCN(C)CC(N)C(O)c1ccccc1. The van der Waals surface area contributed by atoms with E-state index >= 15 is 0 Å². The van der Waals surface area contributed by atoms with Crippen LogP contribution in [-0.2, 0) is 0 Å². The molecule has 3 nitrogen and oxygen atoms in total. The van der Waals surface area contributed by atoms with E-state index < -0.39 is 6.10 Å². The Balaban J connectivity index is 2.57. The Morgan fingerprint density at radius 1 is 1.33 bits per heavy atom. The lowest BCUT2D eigenvalue weighted by atomic mass is 10.0. The number of hydrogen-bond acceptors (Lipinski definition) is 3. The van der Waals surface area contributed by atoms with E-state index in [4.69, 9.17) is 5.73 Å². The van der Waals surface area contributed by atoms with Gasteiger partial charge in [-0.25, -0.2) is 0 Å². The molecule has 0 aliphatic rings. The largest absolute Gasteiger partial charge is 0.387 e. The molecule has 0 aromatic heterocycles. The van der Waals surface area contributed by atoms with Crippen LogP contribution in [0.3, 0.4) is 0 Å². The smallest absolute Gasteiger partial charge is 0.0953 e. The van der Waals surface area contributed by atoms with Gasteiger partial charge in [0.1, 0.15) is 0 Å². The lowest BCUT2D eigenvalue weighted by Crippen LogP contribution is -2.39. The van der Waals surface area contributed by atoms with E-state index in [0.717, 1.165) is 12.1 Å². The van der Waals surface area contributed by atoms with Crippen molar-refractivity contribution in [3.05, 3.63) is 35.9 Å². The van der Waals surface area contributed by atoms with Gasteiger partial charge in [-0.05, 0) is 19.2 Å². The molecule has 1 aromatic carbocycles. The molecule has 84 valence electrons. The summed E-state index contributed by atoms with van der Waals surface area (Å²) >= 11 is 0. The number of benzene rings is 1. The van der Waals surface area contributed by atoms with E-state index in [1.54, 1.807) is 0 Å². The van der Waals surface area contributed by atoms with Crippen LogP contribution in [0.2, 0.25) is 0 Å². The molecule has 0 aliphatic heterocycles. The van der Waals surface area contributed by atoms with Crippen molar-refractivity contribution in [1.29, 1.82) is 0 Å². The highest BCUT2D eigenvalue weighted by Crippen LogP contribution is 2.15. The summed E-state index contributed by atoms with van der Waals surface area (Å²) < 4.78 is 0. The van der Waals surface area contributed by atoms with E-state index in [1.807, 2.05) is 37.4 Å². The van der Waals surface area contributed by atoms with Gasteiger partial charge >= 0.3 is 0 Å². The molecule has 1 rings (SSSR count). The molecular weight excluding hydrogens is 188 g/mol. The van der Waals surface area contributed by atoms with E-state index in [-0.39, 0.29) is 6.04 Å². The fraction of sp³-hybridized carbons (Fsp3) is 0.500. The Hall–Kier alpha value is -0.900. The average molecular weight is 208 g/mol. The van der Waals surface area contributed by atoms with Gasteiger partial charge in [0.2, 0.25) is 0 Å². The third-order valence-corrected chi connectivity index (χ3v) is 2.61. The molecule has 2 atom stereocenters. The molecule has 0 saturated carbocycles. The van der Waals surface area contributed by atoms with Crippen molar-refractivity contribution in [2.75, 3.05) is 20.1 Å². The van der Waals surface area contributed by atoms with Gasteiger partial charge in [-0.1, -0.05) is 37.3 Å². The maximum Gasteiger partial charge on any atom is 0.0953 e. The van der Waals surface area contributed by atoms with Crippen molar-refractivity contribution in [3.63, 3.8) is 0 Å². The molecule has 0 heterocycles. The van der Waals surface area contributed by atoms with Crippen LogP contribution in [0.4, 0.5) is 0 Å². The van der Waals surface area contributed by atoms with E-state index in [2.05, 4.69) is 11.8 Å². The molecule has 0 spiro atoms. The Labute approximate surface area is 91.5 Å². The van der Waals surface area contributed by atoms with Crippen LogP contribution in [-0.4, -0.2) is 36.2 Å². The zero-order valence-corrected chi connectivity index (χ0v) is 9.43. The first-order chi connectivity index (χ1) is 7.15. The third kappa shape index (κ3) is 3.63. The topological polar surface area (TPSA) is 49.5 Å². The van der Waals surface area contributed by atoms with Crippen molar-refractivity contribution in [2.45, 2.75) is 19.1 Å². The standard InChI is InChI=1S/C12H20N2O/c1-3-14(2)9-11(13)12(15)10-7-5-4-6-8-10/h4-8,11-12,15H,3,9,13H2,1-2H3. The van der Waals surface area contributed by atoms with Crippen molar-refractivity contribution >= 4 is 0 Å². The maximum atomic E-state index is 9.98. The summed E-state index contributed by atoms with van der Waals surface area (Å²) in [6.07, 6.45) is -0.583. The Bertz CT molecular complexity index is 276. The first-order valence-corrected chi connectivity index (χ1v) is 5.32. The fourth-order valence-electron chi connectivity index (χ4n) is 1.49. The van der Waals surface area contributed by atoms with Gasteiger partial charge in [0, 0.05) is 12.6 Å². The molecule has 1 aromatic rings. The molecule has 3 N–H and O–H groups in total. The zero-order chi connectivity index (χ0) is 11.3. The van der Waals surface area contributed by atoms with Crippen LogP contribution in [0, 0.1) is 0 Å². The second-order valence-electron chi connectivity index (χ2n) is 3.87. The summed E-state index contributed by atoms with van der Waals surface area (Å²) in [6.45, 7) is 3.71. The molecular formula is C12H20N2O. The van der Waals surface area contributed by atoms with Gasteiger partial charge in [-0.3, -0.25) is 0 Å². The van der Waals surface area contributed by atoms with Crippen LogP contribution < -0.4 is 5.73 Å². The molecule has 0 saturated heterocycles. The number of aliphatic hydroxyl groups excluding tert-OH is 1. The van der Waals surface area contributed by atoms with Crippen molar-refractivity contribution in [1.82, 2.24) is 4.90 Å². The first-order valence-electron chi connectivity index (χ1n) is 5.32. The van der Waals surface area contributed by atoms with Gasteiger partial charge in [0.15, 0.2) is 0 Å². The molecule has 15 heavy (non-hydrogen) atoms. The van der Waals surface area contributed by atoms with Crippen molar-refractivity contribution in [3.8, 4) is 0 Å². The predicted octanol–water partition coefficient (Wildman–Crippen LogP) is 0.999. The second kappa shape index (κ2) is 5.85. The van der Waals surface area contributed by atoms with Crippen LogP contribution >= 0.6 is 0 Å². The minimum absolute atomic E-state index is 0.239. The van der Waals surface area contributed by atoms with Crippen LogP contribution in [0.1, 0.15) is 18.6 Å². The second-order valence-corrected chi connectivity index (χ2v) is 3.87. The Kier molecular flexibility index (Phi) is 4.75. The van der Waals surface area contributed by atoms with Crippen LogP contribution in [0.25, 0.3) is 0 Å². The molecule has 0 fully saturated rings. The van der Waals surface area contributed by atoms with Crippen LogP contribution in [0.5, 0.6) is 0 Å². The summed E-state index contributed by atoms with van der Waals surface area (Å²) in [4.78, 5) is 2.09. The Morgan fingerprint density at radius 3 is 2.47 bits per heavy atom. The molecule has 0 radical (unpaired) electrons.